The quantitative estimate of drug-likeness (QED) is 0.592. The Morgan fingerprint density at radius 2 is 1.64 bits per heavy atom. The van der Waals surface area contributed by atoms with Crippen LogP contribution in [0.15, 0.2) is 22.3 Å². The van der Waals surface area contributed by atoms with Crippen LogP contribution in [0.4, 0.5) is 0 Å². The summed E-state index contributed by atoms with van der Waals surface area (Å²) in [5.41, 5.74) is 2.73. The van der Waals surface area contributed by atoms with Gasteiger partial charge in [-0.2, -0.15) is 0 Å². The Morgan fingerprint density at radius 1 is 1.09 bits per heavy atom. The first kappa shape index (κ1) is 18.5. The first-order valence-electron chi connectivity index (χ1n) is 8.17. The minimum Gasteiger partial charge on any atom is -0.478 e. The average Bonchev–Trinajstić information content (AvgIpc) is 2.48. The summed E-state index contributed by atoms with van der Waals surface area (Å²) in [7, 11) is 0. The molecule has 0 aliphatic heterocycles. The maximum atomic E-state index is 12.6. The second kappa shape index (κ2) is 7.61. The van der Waals surface area contributed by atoms with Crippen LogP contribution in [0.5, 0.6) is 0 Å². The molecule has 4 heteroatoms. The number of esters is 1. The predicted octanol–water partition coefficient (Wildman–Crippen LogP) is 4.11. The van der Waals surface area contributed by atoms with Gasteiger partial charge in [-0.15, -0.1) is 0 Å². The van der Waals surface area contributed by atoms with Gasteiger partial charge in [-0.25, -0.2) is 9.59 Å². The van der Waals surface area contributed by atoms with Gasteiger partial charge in [0.25, 0.3) is 0 Å². The van der Waals surface area contributed by atoms with Crippen molar-refractivity contribution in [3.05, 3.63) is 22.3 Å². The van der Waals surface area contributed by atoms with Crippen molar-refractivity contribution in [1.29, 1.82) is 0 Å². The maximum Gasteiger partial charge on any atom is 0.335 e. The van der Waals surface area contributed by atoms with E-state index in [1.54, 1.807) is 0 Å². The van der Waals surface area contributed by atoms with Crippen molar-refractivity contribution in [3.8, 4) is 0 Å². The van der Waals surface area contributed by atoms with Gasteiger partial charge in [0.15, 0.2) is 0 Å². The number of rotatable bonds is 6. The number of aliphatic carboxylic acids is 1. The van der Waals surface area contributed by atoms with Gasteiger partial charge in [0.05, 0.1) is 11.1 Å². The predicted molar refractivity (Wildman–Crippen MR) is 86.4 cm³/mol. The molecule has 0 amide bonds. The summed E-state index contributed by atoms with van der Waals surface area (Å²) in [5.74, 6) is -1.95. The van der Waals surface area contributed by atoms with E-state index < -0.39 is 11.9 Å². The smallest absolute Gasteiger partial charge is 0.335 e. The highest BCUT2D eigenvalue weighted by atomic mass is 16.5. The minimum atomic E-state index is -1.02. The summed E-state index contributed by atoms with van der Waals surface area (Å²) in [6, 6.07) is 0. The molecule has 0 fully saturated rings. The molecule has 124 valence electrons. The number of carbonyl (C=O) groups is 2. The molecule has 0 heterocycles. The molecule has 0 bridgehead atoms. The molecule has 1 aliphatic rings. The van der Waals surface area contributed by atoms with Crippen LogP contribution in [0.25, 0.3) is 0 Å². The Bertz CT molecular complexity index is 509. The normalized spacial score (nSPS) is 22.3. The van der Waals surface area contributed by atoms with Gasteiger partial charge in [-0.05, 0) is 26.2 Å². The van der Waals surface area contributed by atoms with E-state index in [-0.39, 0.29) is 23.5 Å². The molecule has 0 aromatic carbocycles. The van der Waals surface area contributed by atoms with E-state index in [0.29, 0.717) is 5.57 Å². The molecule has 0 saturated heterocycles. The van der Waals surface area contributed by atoms with Crippen molar-refractivity contribution in [1.82, 2.24) is 0 Å². The lowest BCUT2D eigenvalue weighted by Crippen LogP contribution is -2.30. The second-order valence-corrected chi connectivity index (χ2v) is 5.98. The van der Waals surface area contributed by atoms with Crippen molar-refractivity contribution in [2.75, 3.05) is 0 Å². The Balaban J connectivity index is 3.31. The Hall–Kier alpha value is -1.58. The third-order valence-electron chi connectivity index (χ3n) is 4.85. The average molecular weight is 308 g/mol. The van der Waals surface area contributed by atoms with Gasteiger partial charge in [-0.3, -0.25) is 0 Å². The Kier molecular flexibility index (Phi) is 6.39. The summed E-state index contributed by atoms with van der Waals surface area (Å²) in [5, 5.41) is 9.58. The summed E-state index contributed by atoms with van der Waals surface area (Å²) in [4.78, 5) is 24.3. The zero-order valence-corrected chi connectivity index (χ0v) is 14.5. The van der Waals surface area contributed by atoms with Crippen molar-refractivity contribution in [2.24, 2.45) is 11.8 Å². The van der Waals surface area contributed by atoms with Gasteiger partial charge < -0.3 is 9.84 Å². The molecule has 0 spiro atoms. The standard InChI is InChI=1S/C18H28O4/c1-7-13(8-2)22-18(21)16-12(6)14(9-3)10(4)11(5)15(16)17(19)20/h11-13H,7-9H2,1-6H3,(H,19,20). The SMILES string of the molecule is CCC1=C(C)C(C)C(C(=O)O)=C(C(=O)OC(CC)CC)C1C. The third-order valence-corrected chi connectivity index (χ3v) is 4.85. The lowest BCUT2D eigenvalue weighted by Gasteiger charge is -2.32. The number of ether oxygens (including phenoxy) is 1. The molecule has 0 aromatic heterocycles. The minimum absolute atomic E-state index is 0.158. The highest BCUT2D eigenvalue weighted by molar-refractivity contribution is 6.01. The second-order valence-electron chi connectivity index (χ2n) is 5.98. The maximum absolute atomic E-state index is 12.6. The molecule has 22 heavy (non-hydrogen) atoms. The van der Waals surface area contributed by atoms with Crippen LogP contribution in [-0.2, 0) is 14.3 Å². The lowest BCUT2D eigenvalue weighted by atomic mass is 9.73. The van der Waals surface area contributed by atoms with E-state index in [1.165, 1.54) is 0 Å². The molecular weight excluding hydrogens is 280 g/mol. The molecule has 4 nitrogen and oxygen atoms in total. The molecule has 2 unspecified atom stereocenters. The number of hydrogen-bond acceptors (Lipinski definition) is 3. The zero-order valence-electron chi connectivity index (χ0n) is 14.5. The topological polar surface area (TPSA) is 63.6 Å². The third kappa shape index (κ3) is 3.42. The first-order chi connectivity index (χ1) is 10.3. The van der Waals surface area contributed by atoms with E-state index in [4.69, 9.17) is 4.74 Å². The van der Waals surface area contributed by atoms with Gasteiger partial charge in [0.1, 0.15) is 6.10 Å². The van der Waals surface area contributed by atoms with Crippen molar-refractivity contribution in [2.45, 2.75) is 66.9 Å². The van der Waals surface area contributed by atoms with Crippen LogP contribution in [-0.4, -0.2) is 23.1 Å². The highest BCUT2D eigenvalue weighted by Gasteiger charge is 2.37. The molecule has 1 aliphatic carbocycles. The van der Waals surface area contributed by atoms with Crippen LogP contribution in [0.1, 0.15) is 60.8 Å². The fourth-order valence-corrected chi connectivity index (χ4v) is 3.32. The fourth-order valence-electron chi connectivity index (χ4n) is 3.32. The summed E-state index contributed by atoms with van der Waals surface area (Å²) >= 11 is 0. The zero-order chi connectivity index (χ0) is 17.0. The van der Waals surface area contributed by atoms with E-state index in [1.807, 2.05) is 41.5 Å². The van der Waals surface area contributed by atoms with Crippen LogP contribution in [0.2, 0.25) is 0 Å². The Morgan fingerprint density at radius 3 is 2.05 bits per heavy atom. The van der Waals surface area contributed by atoms with Crippen molar-refractivity contribution in [3.63, 3.8) is 0 Å². The molecule has 2 atom stereocenters. The summed E-state index contributed by atoms with van der Waals surface area (Å²) < 4.78 is 5.53. The molecule has 0 saturated carbocycles. The Labute approximate surface area is 133 Å². The molecule has 0 aromatic rings. The largest absolute Gasteiger partial charge is 0.478 e. The highest BCUT2D eigenvalue weighted by Crippen LogP contribution is 2.40. The molecule has 1 rings (SSSR count). The van der Waals surface area contributed by atoms with Gasteiger partial charge in [-0.1, -0.05) is 45.8 Å². The van der Waals surface area contributed by atoms with Crippen LogP contribution < -0.4 is 0 Å². The number of allylic oxidation sites excluding steroid dienone is 2. The van der Waals surface area contributed by atoms with Crippen LogP contribution in [0, 0.1) is 11.8 Å². The van der Waals surface area contributed by atoms with E-state index in [2.05, 4.69) is 0 Å². The number of carbonyl (C=O) groups excluding carboxylic acids is 1. The van der Waals surface area contributed by atoms with Crippen LogP contribution >= 0.6 is 0 Å². The number of carboxylic acids is 1. The van der Waals surface area contributed by atoms with Crippen LogP contribution in [0.3, 0.4) is 0 Å². The number of carboxylic acid groups (broad SMARTS) is 1. The number of hydrogen-bond donors (Lipinski definition) is 1. The molecule has 1 N–H and O–H groups in total. The monoisotopic (exact) mass is 308 g/mol. The van der Waals surface area contributed by atoms with E-state index in [9.17, 15) is 14.7 Å². The van der Waals surface area contributed by atoms with Gasteiger partial charge in [0.2, 0.25) is 0 Å². The van der Waals surface area contributed by atoms with E-state index in [0.717, 1.165) is 30.4 Å². The first-order valence-corrected chi connectivity index (χ1v) is 8.17. The van der Waals surface area contributed by atoms with Crippen molar-refractivity contribution < 1.29 is 19.4 Å². The van der Waals surface area contributed by atoms with E-state index >= 15 is 0 Å². The van der Waals surface area contributed by atoms with Gasteiger partial charge >= 0.3 is 11.9 Å². The molecule has 0 radical (unpaired) electrons. The fraction of sp³-hybridized carbons (Fsp3) is 0.667. The molecular formula is C18H28O4. The van der Waals surface area contributed by atoms with Crippen molar-refractivity contribution >= 4 is 11.9 Å². The lowest BCUT2D eigenvalue weighted by molar-refractivity contribution is -0.146. The summed E-state index contributed by atoms with van der Waals surface area (Å²) in [6.45, 7) is 11.7. The summed E-state index contributed by atoms with van der Waals surface area (Å²) in [6.07, 6.45) is 2.12. The van der Waals surface area contributed by atoms with Gasteiger partial charge in [0, 0.05) is 11.8 Å².